The Kier molecular flexibility index (Phi) is 4.10. The fourth-order valence-corrected chi connectivity index (χ4v) is 1.69. The van der Waals surface area contributed by atoms with E-state index in [1.165, 1.54) is 6.20 Å². The van der Waals surface area contributed by atoms with Crippen LogP contribution in [0, 0.1) is 0 Å². The third-order valence-corrected chi connectivity index (χ3v) is 2.65. The van der Waals surface area contributed by atoms with E-state index in [1.807, 2.05) is 12.1 Å². The van der Waals surface area contributed by atoms with Crippen molar-refractivity contribution in [2.75, 3.05) is 5.73 Å². The largest absolute Gasteiger partial charge is 0.412 e. The molecule has 1 aromatic heterocycles. The first-order valence-electron chi connectivity index (χ1n) is 5.94. The molecule has 2 rings (SSSR count). The van der Waals surface area contributed by atoms with Crippen LogP contribution in [0.3, 0.4) is 0 Å². The quantitative estimate of drug-likeness (QED) is 0.547. The number of carbonyl (C=O) groups is 2. The summed E-state index contributed by atoms with van der Waals surface area (Å²) in [5.74, 6) is -1.20. The molecule has 6 N–H and O–H groups in total. The van der Waals surface area contributed by atoms with Gasteiger partial charge in [0.25, 0.3) is 0 Å². The summed E-state index contributed by atoms with van der Waals surface area (Å²) >= 11 is 0. The lowest BCUT2D eigenvalue weighted by atomic mass is 10.1. The first-order chi connectivity index (χ1) is 10.0. The Hall–Kier alpha value is -3.00. The minimum absolute atomic E-state index is 0.153. The Morgan fingerprint density at radius 3 is 2.71 bits per heavy atom. The Morgan fingerprint density at radius 2 is 2.05 bits per heavy atom. The van der Waals surface area contributed by atoms with Gasteiger partial charge in [0.05, 0.1) is 11.9 Å². The minimum Gasteiger partial charge on any atom is -0.382 e. The van der Waals surface area contributed by atoms with E-state index in [9.17, 15) is 9.59 Å². The lowest BCUT2D eigenvalue weighted by Crippen LogP contribution is -2.21. The Bertz CT molecular complexity index is 702. The van der Waals surface area contributed by atoms with E-state index in [0.29, 0.717) is 17.8 Å². The lowest BCUT2D eigenvalue weighted by molar-refractivity contribution is 0.0633. The van der Waals surface area contributed by atoms with Gasteiger partial charge in [0.1, 0.15) is 0 Å². The summed E-state index contributed by atoms with van der Waals surface area (Å²) in [4.78, 5) is 30.2. The van der Waals surface area contributed by atoms with Crippen LogP contribution in [0.2, 0.25) is 0 Å². The molecule has 0 bridgehead atoms. The van der Waals surface area contributed by atoms with Crippen LogP contribution < -0.4 is 17.2 Å². The van der Waals surface area contributed by atoms with Crippen molar-refractivity contribution < 1.29 is 14.3 Å². The van der Waals surface area contributed by atoms with Crippen molar-refractivity contribution in [3.05, 3.63) is 41.7 Å². The molecule has 0 atom stereocenters. The second kappa shape index (κ2) is 5.97. The van der Waals surface area contributed by atoms with Crippen LogP contribution in [-0.4, -0.2) is 22.0 Å². The summed E-state index contributed by atoms with van der Waals surface area (Å²) in [6.45, 7) is 0.368. The molecular weight excluding hydrogens is 274 g/mol. The Morgan fingerprint density at radius 1 is 1.29 bits per heavy atom. The molecule has 0 aliphatic rings. The SMILES string of the molecule is NCc1cccc(-c2cnc(N)c(C(=O)OC(N)=O)n2)c1. The number of hydrogen-bond acceptors (Lipinski definition) is 7. The van der Waals surface area contributed by atoms with E-state index in [1.54, 1.807) is 12.1 Å². The fourth-order valence-electron chi connectivity index (χ4n) is 1.69. The molecule has 21 heavy (non-hydrogen) atoms. The second-order valence-electron chi connectivity index (χ2n) is 4.10. The number of nitrogens with two attached hydrogens (primary N) is 3. The van der Waals surface area contributed by atoms with Gasteiger partial charge in [-0.05, 0) is 11.6 Å². The molecule has 1 heterocycles. The van der Waals surface area contributed by atoms with Crippen LogP contribution >= 0.6 is 0 Å². The van der Waals surface area contributed by atoms with Crippen molar-refractivity contribution in [1.82, 2.24) is 9.97 Å². The van der Waals surface area contributed by atoms with E-state index in [0.717, 1.165) is 5.56 Å². The topological polar surface area (TPSA) is 147 Å². The molecule has 2 aromatic rings. The number of esters is 1. The number of nitrogen functional groups attached to an aromatic ring is 1. The van der Waals surface area contributed by atoms with Crippen LogP contribution in [0.5, 0.6) is 0 Å². The van der Waals surface area contributed by atoms with Crippen molar-refractivity contribution in [1.29, 1.82) is 0 Å². The number of hydrogen-bond donors (Lipinski definition) is 3. The number of rotatable bonds is 3. The maximum absolute atomic E-state index is 11.7. The normalized spacial score (nSPS) is 10.1. The van der Waals surface area contributed by atoms with Gasteiger partial charge in [0.2, 0.25) is 0 Å². The summed E-state index contributed by atoms with van der Waals surface area (Å²) < 4.78 is 4.25. The van der Waals surface area contributed by atoms with Crippen LogP contribution in [0.1, 0.15) is 16.1 Å². The smallest absolute Gasteiger partial charge is 0.382 e. The van der Waals surface area contributed by atoms with Crippen molar-refractivity contribution in [2.24, 2.45) is 11.5 Å². The maximum Gasteiger partial charge on any atom is 0.412 e. The number of carbonyl (C=O) groups excluding carboxylic acids is 2. The molecule has 0 spiro atoms. The third-order valence-electron chi connectivity index (χ3n) is 2.65. The van der Waals surface area contributed by atoms with Gasteiger partial charge in [0, 0.05) is 12.1 Å². The average molecular weight is 287 g/mol. The zero-order valence-corrected chi connectivity index (χ0v) is 10.9. The van der Waals surface area contributed by atoms with E-state index in [-0.39, 0.29) is 11.5 Å². The van der Waals surface area contributed by atoms with E-state index in [4.69, 9.17) is 17.2 Å². The molecule has 108 valence electrons. The predicted octanol–water partition coefficient (Wildman–Crippen LogP) is 0.420. The Labute approximate surface area is 119 Å². The number of benzene rings is 1. The van der Waals surface area contributed by atoms with Gasteiger partial charge in [0.15, 0.2) is 11.5 Å². The van der Waals surface area contributed by atoms with Crippen molar-refractivity contribution in [3.63, 3.8) is 0 Å². The van der Waals surface area contributed by atoms with Gasteiger partial charge in [-0.1, -0.05) is 18.2 Å². The molecule has 0 saturated heterocycles. The lowest BCUT2D eigenvalue weighted by Gasteiger charge is -2.06. The van der Waals surface area contributed by atoms with Crippen LogP contribution in [0.4, 0.5) is 10.6 Å². The van der Waals surface area contributed by atoms with Gasteiger partial charge in [-0.2, -0.15) is 0 Å². The molecule has 8 heteroatoms. The van der Waals surface area contributed by atoms with Crippen LogP contribution in [-0.2, 0) is 11.3 Å². The van der Waals surface area contributed by atoms with E-state index < -0.39 is 12.1 Å². The van der Waals surface area contributed by atoms with Gasteiger partial charge in [-0.25, -0.2) is 19.6 Å². The molecule has 0 fully saturated rings. The predicted molar refractivity (Wildman–Crippen MR) is 74.8 cm³/mol. The standard InChI is InChI=1S/C13H13N5O3/c14-5-7-2-1-3-8(4-7)9-6-17-11(15)10(18-9)12(19)21-13(16)20/h1-4,6H,5,14H2,(H2,15,17)(H2,16,20). The highest BCUT2D eigenvalue weighted by Gasteiger charge is 2.18. The van der Waals surface area contributed by atoms with Gasteiger partial charge in [-0.3, -0.25) is 0 Å². The number of ether oxygens (including phenoxy) is 1. The molecule has 0 aliphatic carbocycles. The highest BCUT2D eigenvalue weighted by atomic mass is 16.6. The molecule has 1 amide bonds. The molecule has 1 aromatic carbocycles. The third kappa shape index (κ3) is 3.31. The monoisotopic (exact) mass is 287 g/mol. The first-order valence-corrected chi connectivity index (χ1v) is 5.94. The number of anilines is 1. The molecule has 0 aliphatic heterocycles. The number of primary amides is 1. The molecular formula is C13H13N5O3. The van der Waals surface area contributed by atoms with E-state index >= 15 is 0 Å². The summed E-state index contributed by atoms with van der Waals surface area (Å²) in [6, 6.07) is 7.25. The molecule has 0 radical (unpaired) electrons. The van der Waals surface area contributed by atoms with Crippen molar-refractivity contribution >= 4 is 17.9 Å². The molecule has 8 nitrogen and oxygen atoms in total. The van der Waals surface area contributed by atoms with E-state index in [2.05, 4.69) is 14.7 Å². The summed E-state index contributed by atoms with van der Waals surface area (Å²) in [6.07, 6.45) is 0.170. The summed E-state index contributed by atoms with van der Waals surface area (Å²) in [7, 11) is 0. The maximum atomic E-state index is 11.7. The number of aromatic nitrogens is 2. The highest BCUT2D eigenvalue weighted by Crippen LogP contribution is 2.20. The Balaban J connectivity index is 2.42. The van der Waals surface area contributed by atoms with Gasteiger partial charge in [-0.15, -0.1) is 0 Å². The fraction of sp³-hybridized carbons (Fsp3) is 0.0769. The zero-order chi connectivity index (χ0) is 15.4. The zero-order valence-electron chi connectivity index (χ0n) is 10.9. The van der Waals surface area contributed by atoms with Crippen molar-refractivity contribution in [3.8, 4) is 11.3 Å². The summed E-state index contributed by atoms with van der Waals surface area (Å²) in [5.41, 5.74) is 17.6. The number of nitrogens with zero attached hydrogens (tertiary/aromatic N) is 2. The minimum atomic E-state index is -1.24. The number of amides is 1. The van der Waals surface area contributed by atoms with Gasteiger partial charge < -0.3 is 21.9 Å². The molecule has 0 saturated carbocycles. The highest BCUT2D eigenvalue weighted by molar-refractivity contribution is 5.98. The summed E-state index contributed by atoms with van der Waals surface area (Å²) in [5, 5.41) is 0. The average Bonchev–Trinajstić information content (AvgIpc) is 2.47. The van der Waals surface area contributed by atoms with Crippen LogP contribution in [0.25, 0.3) is 11.3 Å². The van der Waals surface area contributed by atoms with Crippen LogP contribution in [0.15, 0.2) is 30.5 Å². The van der Waals surface area contributed by atoms with Gasteiger partial charge >= 0.3 is 12.1 Å². The second-order valence-corrected chi connectivity index (χ2v) is 4.10. The van der Waals surface area contributed by atoms with Crippen molar-refractivity contribution in [2.45, 2.75) is 6.54 Å². The first kappa shape index (κ1) is 14.4. The molecule has 0 unspecified atom stereocenters.